The smallest absolute Gasteiger partial charge is 0.358 e. The molecule has 0 atom stereocenters. The van der Waals surface area contributed by atoms with Crippen molar-refractivity contribution in [3.8, 4) is 17.7 Å². The third-order valence-electron chi connectivity index (χ3n) is 2.63. The zero-order valence-electron chi connectivity index (χ0n) is 9.98. The van der Waals surface area contributed by atoms with Gasteiger partial charge in [0.1, 0.15) is 5.75 Å². The van der Waals surface area contributed by atoms with Crippen molar-refractivity contribution in [2.75, 3.05) is 0 Å². The first-order chi connectivity index (χ1) is 9.69. The van der Waals surface area contributed by atoms with Crippen molar-refractivity contribution in [2.45, 2.75) is 0 Å². The number of imidazole rings is 1. The van der Waals surface area contributed by atoms with E-state index < -0.39 is 5.97 Å². The molecular formula is C13H7N3O3S. The van der Waals surface area contributed by atoms with Gasteiger partial charge in [0.25, 0.3) is 5.88 Å². The molecule has 0 aliphatic carbocycles. The normalized spacial score (nSPS) is 10.3. The Morgan fingerprint density at radius 3 is 2.80 bits per heavy atom. The third-order valence-corrected chi connectivity index (χ3v) is 3.39. The molecule has 0 spiro atoms. The van der Waals surface area contributed by atoms with Crippen LogP contribution in [0.15, 0.2) is 35.8 Å². The van der Waals surface area contributed by atoms with Crippen LogP contribution in [0.1, 0.15) is 16.1 Å². The van der Waals surface area contributed by atoms with Gasteiger partial charge in [0.2, 0.25) is 0 Å². The molecule has 20 heavy (non-hydrogen) atoms. The summed E-state index contributed by atoms with van der Waals surface area (Å²) in [5.74, 6) is -0.647. The molecule has 2 aromatic heterocycles. The van der Waals surface area contributed by atoms with Crippen molar-refractivity contribution in [3.05, 3.63) is 47.1 Å². The van der Waals surface area contributed by atoms with Gasteiger partial charge < -0.3 is 9.84 Å². The quantitative estimate of drug-likeness (QED) is 0.799. The van der Waals surface area contributed by atoms with E-state index in [2.05, 4.69) is 4.98 Å². The average Bonchev–Trinajstić information content (AvgIpc) is 2.99. The highest BCUT2D eigenvalue weighted by Crippen LogP contribution is 2.28. The Bertz CT molecular complexity index is 827. The highest BCUT2D eigenvalue weighted by Gasteiger charge is 2.21. The molecule has 6 nitrogen and oxygen atoms in total. The summed E-state index contributed by atoms with van der Waals surface area (Å²) < 4.78 is 6.96. The predicted octanol–water partition coefficient (Wildman–Crippen LogP) is 2.76. The number of aromatic carboxylic acids is 1. The lowest BCUT2D eigenvalue weighted by molar-refractivity contribution is 0.0686. The van der Waals surface area contributed by atoms with Gasteiger partial charge in [-0.15, -0.1) is 11.3 Å². The Labute approximate surface area is 117 Å². The summed E-state index contributed by atoms with van der Waals surface area (Å²) >= 11 is 1.32. The summed E-state index contributed by atoms with van der Waals surface area (Å²) in [5, 5.41) is 19.7. The Balaban J connectivity index is 2.01. The molecule has 3 aromatic rings. The van der Waals surface area contributed by atoms with Gasteiger partial charge in [-0.1, -0.05) is 0 Å². The molecule has 0 bridgehead atoms. The number of benzene rings is 1. The van der Waals surface area contributed by atoms with Crippen molar-refractivity contribution >= 4 is 22.3 Å². The zero-order chi connectivity index (χ0) is 14.1. The molecule has 0 aliphatic heterocycles. The molecule has 0 saturated heterocycles. The van der Waals surface area contributed by atoms with Gasteiger partial charge in [-0.3, -0.25) is 4.40 Å². The molecule has 0 fully saturated rings. The number of nitrogens with zero attached hydrogens (tertiary/aromatic N) is 3. The fraction of sp³-hybridized carbons (Fsp3) is 0. The van der Waals surface area contributed by atoms with Crippen LogP contribution in [0.2, 0.25) is 0 Å². The number of ether oxygens (including phenoxy) is 1. The summed E-state index contributed by atoms with van der Waals surface area (Å²) in [6.07, 6.45) is 1.63. The minimum absolute atomic E-state index is 0.0226. The van der Waals surface area contributed by atoms with E-state index in [4.69, 9.17) is 10.00 Å². The van der Waals surface area contributed by atoms with E-state index in [1.807, 2.05) is 6.07 Å². The van der Waals surface area contributed by atoms with Crippen LogP contribution in [0.25, 0.3) is 4.96 Å². The largest absolute Gasteiger partial charge is 0.476 e. The first-order valence-corrected chi connectivity index (χ1v) is 6.44. The van der Waals surface area contributed by atoms with Crippen LogP contribution in [0.3, 0.4) is 0 Å². The predicted molar refractivity (Wildman–Crippen MR) is 71.3 cm³/mol. The van der Waals surface area contributed by atoms with Gasteiger partial charge in [0.05, 0.1) is 11.6 Å². The summed E-state index contributed by atoms with van der Waals surface area (Å²) in [7, 11) is 0. The molecule has 3 rings (SSSR count). The number of thiazole rings is 1. The van der Waals surface area contributed by atoms with Gasteiger partial charge in [-0.2, -0.15) is 10.2 Å². The van der Waals surface area contributed by atoms with Crippen molar-refractivity contribution in [1.82, 2.24) is 9.38 Å². The minimum atomic E-state index is -1.11. The van der Waals surface area contributed by atoms with E-state index in [0.29, 0.717) is 16.3 Å². The zero-order valence-corrected chi connectivity index (χ0v) is 10.8. The van der Waals surface area contributed by atoms with E-state index in [0.717, 1.165) is 0 Å². The molecule has 2 heterocycles. The fourth-order valence-electron chi connectivity index (χ4n) is 1.74. The maximum atomic E-state index is 11.3. The monoisotopic (exact) mass is 285 g/mol. The first-order valence-electron chi connectivity index (χ1n) is 5.56. The van der Waals surface area contributed by atoms with E-state index in [1.54, 1.807) is 35.8 Å². The number of carbonyl (C=O) groups is 1. The van der Waals surface area contributed by atoms with Crippen molar-refractivity contribution in [2.24, 2.45) is 0 Å². The van der Waals surface area contributed by atoms with Gasteiger partial charge in [0, 0.05) is 11.6 Å². The number of hydrogen-bond donors (Lipinski definition) is 1. The lowest BCUT2D eigenvalue weighted by Gasteiger charge is -2.03. The fourth-order valence-corrected chi connectivity index (χ4v) is 2.45. The molecule has 0 amide bonds. The Morgan fingerprint density at radius 1 is 1.40 bits per heavy atom. The van der Waals surface area contributed by atoms with Crippen LogP contribution >= 0.6 is 11.3 Å². The molecule has 98 valence electrons. The molecule has 0 saturated carbocycles. The SMILES string of the molecule is N#Cc1ccc(Oc2nc3sccn3c2C(=O)O)cc1. The lowest BCUT2D eigenvalue weighted by Crippen LogP contribution is -2.02. The second-order valence-electron chi connectivity index (χ2n) is 3.86. The number of aromatic nitrogens is 2. The van der Waals surface area contributed by atoms with Crippen molar-refractivity contribution in [1.29, 1.82) is 5.26 Å². The molecule has 0 radical (unpaired) electrons. The standard InChI is InChI=1S/C13H7N3O3S/c14-7-8-1-3-9(4-2-8)19-11-10(12(17)18)16-5-6-20-13(16)15-11/h1-6H,(H,17,18). The highest BCUT2D eigenvalue weighted by molar-refractivity contribution is 7.15. The molecule has 7 heteroatoms. The van der Waals surface area contributed by atoms with Gasteiger partial charge in [0.15, 0.2) is 10.7 Å². The van der Waals surface area contributed by atoms with Crippen LogP contribution in [0, 0.1) is 11.3 Å². The molecule has 0 unspecified atom stereocenters. The Hall–Kier alpha value is -2.85. The van der Waals surface area contributed by atoms with Crippen LogP contribution in [-0.4, -0.2) is 20.5 Å². The number of carboxylic acids is 1. The minimum Gasteiger partial charge on any atom is -0.476 e. The van der Waals surface area contributed by atoms with E-state index in [1.165, 1.54) is 15.7 Å². The number of fused-ring (bicyclic) bond motifs is 1. The second kappa shape index (κ2) is 4.68. The summed E-state index contributed by atoms with van der Waals surface area (Å²) in [6, 6.07) is 8.37. The van der Waals surface area contributed by atoms with E-state index >= 15 is 0 Å². The van der Waals surface area contributed by atoms with Crippen molar-refractivity contribution < 1.29 is 14.6 Å². The van der Waals surface area contributed by atoms with E-state index in [9.17, 15) is 9.90 Å². The molecule has 1 N–H and O–H groups in total. The molecule has 1 aromatic carbocycles. The number of rotatable bonds is 3. The molecule has 0 aliphatic rings. The maximum Gasteiger partial charge on any atom is 0.358 e. The number of nitriles is 1. The third kappa shape index (κ3) is 1.98. The Morgan fingerprint density at radius 2 is 2.15 bits per heavy atom. The van der Waals surface area contributed by atoms with Gasteiger partial charge in [-0.05, 0) is 24.3 Å². The lowest BCUT2D eigenvalue weighted by atomic mass is 10.2. The van der Waals surface area contributed by atoms with Crippen molar-refractivity contribution in [3.63, 3.8) is 0 Å². The van der Waals surface area contributed by atoms with Crippen LogP contribution < -0.4 is 4.74 Å². The number of hydrogen-bond acceptors (Lipinski definition) is 5. The number of carboxylic acid groups (broad SMARTS) is 1. The summed E-state index contributed by atoms with van der Waals surface area (Å²) in [6.45, 7) is 0. The van der Waals surface area contributed by atoms with Gasteiger partial charge in [-0.25, -0.2) is 4.79 Å². The topological polar surface area (TPSA) is 87.6 Å². The van der Waals surface area contributed by atoms with Crippen LogP contribution in [0.5, 0.6) is 11.6 Å². The van der Waals surface area contributed by atoms with Gasteiger partial charge >= 0.3 is 5.97 Å². The second-order valence-corrected chi connectivity index (χ2v) is 4.74. The van der Waals surface area contributed by atoms with E-state index in [-0.39, 0.29) is 11.6 Å². The van der Waals surface area contributed by atoms with Crippen LogP contribution in [0.4, 0.5) is 0 Å². The Kier molecular flexibility index (Phi) is 2.85. The highest BCUT2D eigenvalue weighted by atomic mass is 32.1. The summed E-state index contributed by atoms with van der Waals surface area (Å²) in [5.41, 5.74) is 0.479. The average molecular weight is 285 g/mol. The first kappa shape index (κ1) is 12.2. The van der Waals surface area contributed by atoms with Crippen LogP contribution in [-0.2, 0) is 0 Å². The maximum absolute atomic E-state index is 11.3. The summed E-state index contributed by atoms with van der Waals surface area (Å²) in [4.78, 5) is 16.0. The molecular weight excluding hydrogens is 278 g/mol.